The SMILES string of the molecule is CC[C@H]1CCc2c(sc3ncn4nc([C@@H](C)Cn5nc(C(F)(F)F)cc5C)nc4c23)C1. The van der Waals surface area contributed by atoms with Crippen LogP contribution in [0.15, 0.2) is 12.4 Å². The van der Waals surface area contributed by atoms with Gasteiger partial charge in [-0.3, -0.25) is 4.68 Å². The summed E-state index contributed by atoms with van der Waals surface area (Å²) in [6, 6.07) is 1.07. The fraction of sp³-hybridized carbons (Fsp3) is 0.524. The Kier molecular flexibility index (Phi) is 4.80. The van der Waals surface area contributed by atoms with Crippen LogP contribution in [0.2, 0.25) is 0 Å². The minimum absolute atomic E-state index is 0.200. The number of fused-ring (bicyclic) bond motifs is 5. The normalized spacial score (nSPS) is 18.1. The van der Waals surface area contributed by atoms with E-state index in [0.29, 0.717) is 11.5 Å². The highest BCUT2D eigenvalue weighted by Gasteiger charge is 2.34. The molecule has 10 heteroatoms. The molecule has 4 heterocycles. The lowest BCUT2D eigenvalue weighted by Gasteiger charge is -2.20. The summed E-state index contributed by atoms with van der Waals surface area (Å²) in [6.07, 6.45) is 1.71. The fourth-order valence-electron chi connectivity index (χ4n) is 4.39. The average Bonchev–Trinajstić information content (AvgIpc) is 3.41. The van der Waals surface area contributed by atoms with Gasteiger partial charge in [0, 0.05) is 16.5 Å². The lowest BCUT2D eigenvalue weighted by atomic mass is 9.86. The van der Waals surface area contributed by atoms with Gasteiger partial charge < -0.3 is 0 Å². The maximum absolute atomic E-state index is 13.0. The highest BCUT2D eigenvalue weighted by Crippen LogP contribution is 2.39. The molecule has 0 fully saturated rings. The molecule has 0 amide bonds. The molecule has 0 N–H and O–H groups in total. The van der Waals surface area contributed by atoms with Crippen LogP contribution in [0.25, 0.3) is 15.9 Å². The molecule has 0 saturated heterocycles. The van der Waals surface area contributed by atoms with Crippen LogP contribution < -0.4 is 0 Å². The first-order valence-corrected chi connectivity index (χ1v) is 11.3. The number of alkyl halides is 3. The van der Waals surface area contributed by atoms with E-state index in [1.807, 2.05) is 6.92 Å². The monoisotopic (exact) mass is 448 g/mol. The Labute approximate surface area is 181 Å². The van der Waals surface area contributed by atoms with Crippen LogP contribution in [0.1, 0.15) is 60.3 Å². The third kappa shape index (κ3) is 3.50. The van der Waals surface area contributed by atoms with Crippen molar-refractivity contribution in [3.05, 3.63) is 40.0 Å². The minimum Gasteiger partial charge on any atom is -0.269 e. The van der Waals surface area contributed by atoms with E-state index >= 15 is 0 Å². The van der Waals surface area contributed by atoms with Crippen molar-refractivity contribution >= 4 is 27.2 Å². The molecule has 1 aliphatic rings. The number of thiophene rings is 1. The highest BCUT2D eigenvalue weighted by molar-refractivity contribution is 7.19. The molecule has 1 aliphatic carbocycles. The zero-order valence-corrected chi connectivity index (χ0v) is 18.4. The quantitative estimate of drug-likeness (QED) is 0.432. The number of nitrogens with zero attached hydrogens (tertiary/aromatic N) is 6. The topological polar surface area (TPSA) is 60.9 Å². The maximum atomic E-state index is 13.0. The highest BCUT2D eigenvalue weighted by atomic mass is 32.1. The molecule has 0 aliphatic heterocycles. The van der Waals surface area contributed by atoms with E-state index in [1.54, 1.807) is 29.1 Å². The number of halogens is 3. The Morgan fingerprint density at radius 2 is 2.10 bits per heavy atom. The van der Waals surface area contributed by atoms with Gasteiger partial charge in [-0.1, -0.05) is 20.3 Å². The van der Waals surface area contributed by atoms with Crippen molar-refractivity contribution in [2.45, 2.75) is 65.1 Å². The van der Waals surface area contributed by atoms with Gasteiger partial charge in [-0.2, -0.15) is 18.3 Å². The number of hydrogen-bond acceptors (Lipinski definition) is 5. The van der Waals surface area contributed by atoms with Crippen LogP contribution in [-0.2, 0) is 25.6 Å². The van der Waals surface area contributed by atoms with Crippen LogP contribution in [0.4, 0.5) is 13.2 Å². The van der Waals surface area contributed by atoms with Crippen molar-refractivity contribution in [1.82, 2.24) is 29.4 Å². The lowest BCUT2D eigenvalue weighted by Crippen LogP contribution is -2.12. The molecule has 0 aromatic carbocycles. The van der Waals surface area contributed by atoms with Crippen molar-refractivity contribution in [3.63, 3.8) is 0 Å². The van der Waals surface area contributed by atoms with E-state index in [9.17, 15) is 13.2 Å². The number of aromatic nitrogens is 6. The number of rotatable bonds is 4. The van der Waals surface area contributed by atoms with Gasteiger partial charge >= 0.3 is 6.18 Å². The van der Waals surface area contributed by atoms with Crippen molar-refractivity contribution in [2.75, 3.05) is 0 Å². The predicted octanol–water partition coefficient (Wildman–Crippen LogP) is 5.18. The average molecular weight is 449 g/mol. The van der Waals surface area contributed by atoms with E-state index in [-0.39, 0.29) is 12.5 Å². The second kappa shape index (κ2) is 7.29. The summed E-state index contributed by atoms with van der Waals surface area (Å²) in [7, 11) is 0. The van der Waals surface area contributed by atoms with Gasteiger partial charge in [0.05, 0.1) is 11.9 Å². The molecule has 5 rings (SSSR count). The van der Waals surface area contributed by atoms with Gasteiger partial charge in [-0.25, -0.2) is 14.5 Å². The predicted molar refractivity (Wildman–Crippen MR) is 112 cm³/mol. The van der Waals surface area contributed by atoms with Crippen LogP contribution >= 0.6 is 11.3 Å². The Morgan fingerprint density at radius 3 is 2.81 bits per heavy atom. The van der Waals surface area contributed by atoms with Crippen LogP contribution in [0, 0.1) is 12.8 Å². The molecule has 31 heavy (non-hydrogen) atoms. The molecular formula is C21H23F3N6S. The molecule has 0 radical (unpaired) electrons. The third-order valence-corrected chi connectivity index (χ3v) is 7.40. The summed E-state index contributed by atoms with van der Waals surface area (Å²) < 4.78 is 42.0. The summed E-state index contributed by atoms with van der Waals surface area (Å²) in [6.45, 7) is 6.04. The largest absolute Gasteiger partial charge is 0.435 e. The van der Waals surface area contributed by atoms with Crippen molar-refractivity contribution in [1.29, 1.82) is 0 Å². The van der Waals surface area contributed by atoms with Crippen molar-refractivity contribution in [3.8, 4) is 0 Å². The summed E-state index contributed by atoms with van der Waals surface area (Å²) in [5, 5.41) is 9.40. The molecule has 0 spiro atoms. The number of hydrogen-bond donors (Lipinski definition) is 0. The summed E-state index contributed by atoms with van der Waals surface area (Å²) in [4.78, 5) is 11.8. The second-order valence-corrected chi connectivity index (χ2v) is 9.52. The van der Waals surface area contributed by atoms with Gasteiger partial charge in [0.1, 0.15) is 11.2 Å². The standard InChI is InChI=1S/C21H23F3N6S/c1-4-13-5-6-14-15(8-13)31-20-17(14)19-26-18(28-30(19)10-25-20)11(2)9-29-12(3)7-16(27-29)21(22,23)24/h7,10-11,13H,4-6,8-9H2,1-3H3/t11-,13-/m0/s1. The van der Waals surface area contributed by atoms with Gasteiger partial charge in [0.2, 0.25) is 0 Å². The zero-order valence-electron chi connectivity index (χ0n) is 17.6. The third-order valence-electron chi connectivity index (χ3n) is 6.24. The van der Waals surface area contributed by atoms with E-state index < -0.39 is 11.9 Å². The second-order valence-electron chi connectivity index (χ2n) is 8.44. The zero-order chi connectivity index (χ0) is 21.9. The molecule has 4 aromatic rings. The van der Waals surface area contributed by atoms with Crippen LogP contribution in [0.3, 0.4) is 0 Å². The van der Waals surface area contributed by atoms with Crippen LogP contribution in [-0.4, -0.2) is 29.4 Å². The van der Waals surface area contributed by atoms with Crippen molar-refractivity contribution < 1.29 is 13.2 Å². The maximum Gasteiger partial charge on any atom is 0.435 e. The van der Waals surface area contributed by atoms with Gasteiger partial charge in [-0.15, -0.1) is 16.4 Å². The molecule has 0 unspecified atom stereocenters. The van der Waals surface area contributed by atoms with Gasteiger partial charge in [0.15, 0.2) is 17.2 Å². The van der Waals surface area contributed by atoms with E-state index in [2.05, 4.69) is 22.1 Å². The summed E-state index contributed by atoms with van der Waals surface area (Å²) in [5.41, 5.74) is 1.71. The number of aryl methyl sites for hydroxylation is 2. The van der Waals surface area contributed by atoms with Gasteiger partial charge in [-0.05, 0) is 43.7 Å². The van der Waals surface area contributed by atoms with E-state index in [1.165, 1.54) is 28.0 Å². The first-order valence-electron chi connectivity index (χ1n) is 10.5. The molecule has 164 valence electrons. The minimum atomic E-state index is -4.45. The lowest BCUT2D eigenvalue weighted by molar-refractivity contribution is -0.141. The molecule has 0 bridgehead atoms. The molecular weight excluding hydrogens is 425 g/mol. The molecule has 0 saturated carbocycles. The van der Waals surface area contributed by atoms with Crippen molar-refractivity contribution in [2.24, 2.45) is 5.92 Å². The first-order chi connectivity index (χ1) is 14.7. The van der Waals surface area contributed by atoms with E-state index in [4.69, 9.17) is 4.98 Å². The van der Waals surface area contributed by atoms with Gasteiger partial charge in [0.25, 0.3) is 0 Å². The smallest absolute Gasteiger partial charge is 0.269 e. The Morgan fingerprint density at radius 1 is 1.29 bits per heavy atom. The Hall–Kier alpha value is -2.49. The summed E-state index contributed by atoms with van der Waals surface area (Å²) in [5.74, 6) is 1.11. The fourth-order valence-corrected chi connectivity index (χ4v) is 5.69. The first kappa shape index (κ1) is 20.4. The van der Waals surface area contributed by atoms with Crippen LogP contribution in [0.5, 0.6) is 0 Å². The Bertz CT molecular complexity index is 1270. The Balaban J connectivity index is 1.49. The molecule has 2 atom stereocenters. The summed E-state index contributed by atoms with van der Waals surface area (Å²) >= 11 is 1.75. The molecule has 6 nitrogen and oxygen atoms in total. The molecule has 4 aromatic heterocycles. The van der Waals surface area contributed by atoms with E-state index in [0.717, 1.165) is 40.7 Å².